The van der Waals surface area contributed by atoms with Gasteiger partial charge in [0.05, 0.1) is 17.4 Å². The van der Waals surface area contributed by atoms with E-state index in [1.165, 1.54) is 16.0 Å². The monoisotopic (exact) mass is 377 g/mol. The van der Waals surface area contributed by atoms with Crippen molar-refractivity contribution in [3.63, 3.8) is 0 Å². The summed E-state index contributed by atoms with van der Waals surface area (Å²) in [5.74, 6) is 0.926. The number of hydrogen-bond donors (Lipinski definition) is 1. The number of rotatable bonds is 7. The fraction of sp³-hybridized carbons (Fsp3) is 0.579. The first-order valence-corrected chi connectivity index (χ1v) is 9.92. The molecule has 0 spiro atoms. The average Bonchev–Trinajstić information content (AvgIpc) is 3.19. The summed E-state index contributed by atoms with van der Waals surface area (Å²) in [5, 5.41) is 9.05. The van der Waals surface area contributed by atoms with Crippen molar-refractivity contribution in [3.8, 4) is 0 Å². The molecule has 0 fully saturated rings. The standard InChI is InChI=1S/C19H27N3O3S/c1-12(24-4)5-7-20-19(23)17-11-26-18-10-22(8-6-15(17)18)9-16-13(2)21-25-14(16)3/h11-12H,5-10H2,1-4H3,(H,20,23)/t12-/m1/s1. The Morgan fingerprint density at radius 2 is 2.31 bits per heavy atom. The summed E-state index contributed by atoms with van der Waals surface area (Å²) in [6.45, 7) is 9.24. The van der Waals surface area contributed by atoms with Crippen molar-refractivity contribution in [1.82, 2.24) is 15.4 Å². The Balaban J connectivity index is 1.60. The molecule has 0 radical (unpaired) electrons. The average molecular weight is 378 g/mol. The fourth-order valence-electron chi connectivity index (χ4n) is 3.26. The maximum atomic E-state index is 12.5. The highest BCUT2D eigenvalue weighted by atomic mass is 32.1. The second-order valence-corrected chi connectivity index (χ2v) is 7.87. The largest absolute Gasteiger partial charge is 0.382 e. The zero-order valence-electron chi connectivity index (χ0n) is 15.9. The number of fused-ring (bicyclic) bond motifs is 1. The first kappa shape index (κ1) is 19.1. The van der Waals surface area contributed by atoms with Crippen LogP contribution >= 0.6 is 11.3 Å². The Kier molecular flexibility index (Phi) is 6.11. The number of carbonyl (C=O) groups excluding carboxylic acids is 1. The molecule has 0 unspecified atom stereocenters. The van der Waals surface area contributed by atoms with Crippen LogP contribution in [0.3, 0.4) is 0 Å². The van der Waals surface area contributed by atoms with Crippen molar-refractivity contribution in [2.24, 2.45) is 0 Å². The molecule has 1 N–H and O–H groups in total. The van der Waals surface area contributed by atoms with Gasteiger partial charge in [-0.05, 0) is 39.2 Å². The number of nitrogens with zero attached hydrogens (tertiary/aromatic N) is 2. The van der Waals surface area contributed by atoms with Crippen LogP contribution in [0, 0.1) is 13.8 Å². The molecule has 3 heterocycles. The van der Waals surface area contributed by atoms with E-state index in [1.807, 2.05) is 26.2 Å². The Morgan fingerprint density at radius 3 is 3.00 bits per heavy atom. The molecule has 0 aromatic carbocycles. The lowest BCUT2D eigenvalue weighted by Crippen LogP contribution is -2.32. The van der Waals surface area contributed by atoms with Crippen LogP contribution in [0.1, 0.15) is 51.2 Å². The molecule has 0 saturated heterocycles. The van der Waals surface area contributed by atoms with Crippen LogP contribution in [0.5, 0.6) is 0 Å². The van der Waals surface area contributed by atoms with E-state index in [0.29, 0.717) is 6.54 Å². The number of aryl methyl sites for hydroxylation is 2. The van der Waals surface area contributed by atoms with Crippen LogP contribution in [-0.2, 0) is 24.2 Å². The molecule has 26 heavy (non-hydrogen) atoms. The summed E-state index contributed by atoms with van der Waals surface area (Å²) in [4.78, 5) is 16.2. The molecule has 3 rings (SSSR count). The van der Waals surface area contributed by atoms with Crippen molar-refractivity contribution in [2.75, 3.05) is 20.2 Å². The Hall–Kier alpha value is -1.70. The van der Waals surface area contributed by atoms with E-state index < -0.39 is 0 Å². The topological polar surface area (TPSA) is 67.6 Å². The second kappa shape index (κ2) is 8.33. The van der Waals surface area contributed by atoms with Gasteiger partial charge in [0.25, 0.3) is 5.91 Å². The van der Waals surface area contributed by atoms with Gasteiger partial charge in [-0.1, -0.05) is 5.16 Å². The summed E-state index contributed by atoms with van der Waals surface area (Å²) in [6, 6.07) is 0. The number of carbonyl (C=O) groups is 1. The van der Waals surface area contributed by atoms with E-state index in [-0.39, 0.29) is 12.0 Å². The van der Waals surface area contributed by atoms with Gasteiger partial charge in [0.15, 0.2) is 0 Å². The van der Waals surface area contributed by atoms with Gasteiger partial charge < -0.3 is 14.6 Å². The maximum absolute atomic E-state index is 12.5. The molecule has 0 bridgehead atoms. The van der Waals surface area contributed by atoms with E-state index in [9.17, 15) is 4.79 Å². The van der Waals surface area contributed by atoms with Gasteiger partial charge in [0.2, 0.25) is 0 Å². The van der Waals surface area contributed by atoms with E-state index >= 15 is 0 Å². The number of methoxy groups -OCH3 is 1. The molecule has 2 aromatic rings. The zero-order chi connectivity index (χ0) is 18.7. The minimum atomic E-state index is 0.0324. The normalized spacial score (nSPS) is 15.7. The van der Waals surface area contributed by atoms with Gasteiger partial charge in [0.1, 0.15) is 5.76 Å². The Bertz CT molecular complexity index is 749. The lowest BCUT2D eigenvalue weighted by Gasteiger charge is -2.27. The van der Waals surface area contributed by atoms with Gasteiger partial charge in [-0.2, -0.15) is 0 Å². The highest BCUT2D eigenvalue weighted by Crippen LogP contribution is 2.30. The Labute approximate surface area is 158 Å². The summed E-state index contributed by atoms with van der Waals surface area (Å²) < 4.78 is 10.5. The molecule has 7 heteroatoms. The summed E-state index contributed by atoms with van der Waals surface area (Å²) in [7, 11) is 1.69. The lowest BCUT2D eigenvalue weighted by atomic mass is 10.0. The summed E-state index contributed by atoms with van der Waals surface area (Å²) in [6.07, 6.45) is 1.88. The van der Waals surface area contributed by atoms with Gasteiger partial charge in [-0.3, -0.25) is 9.69 Å². The van der Waals surface area contributed by atoms with Gasteiger partial charge in [-0.15, -0.1) is 11.3 Å². The van der Waals surface area contributed by atoms with Crippen LogP contribution in [-0.4, -0.2) is 42.3 Å². The third-order valence-corrected chi connectivity index (χ3v) is 6.09. The predicted molar refractivity (Wildman–Crippen MR) is 102 cm³/mol. The molecule has 0 aliphatic carbocycles. The Morgan fingerprint density at radius 1 is 1.50 bits per heavy atom. The molecule has 1 amide bonds. The minimum absolute atomic E-state index is 0.0324. The van der Waals surface area contributed by atoms with E-state index in [1.54, 1.807) is 18.4 Å². The molecule has 1 aliphatic rings. The number of hydrogen-bond acceptors (Lipinski definition) is 6. The first-order valence-electron chi connectivity index (χ1n) is 9.04. The van der Waals surface area contributed by atoms with Gasteiger partial charge in [0, 0.05) is 49.1 Å². The quantitative estimate of drug-likeness (QED) is 0.803. The maximum Gasteiger partial charge on any atom is 0.252 e. The molecular formula is C19H27N3O3S. The van der Waals surface area contributed by atoms with Gasteiger partial charge >= 0.3 is 0 Å². The molecule has 6 nitrogen and oxygen atoms in total. The van der Waals surface area contributed by atoms with Crippen LogP contribution in [0.25, 0.3) is 0 Å². The third-order valence-electron chi connectivity index (χ3n) is 5.07. The van der Waals surface area contributed by atoms with Crippen LogP contribution < -0.4 is 5.32 Å². The van der Waals surface area contributed by atoms with Crippen molar-refractivity contribution < 1.29 is 14.1 Å². The van der Waals surface area contributed by atoms with E-state index in [2.05, 4.69) is 15.4 Å². The zero-order valence-corrected chi connectivity index (χ0v) is 16.7. The number of aromatic nitrogens is 1. The number of nitrogens with one attached hydrogen (secondary N) is 1. The minimum Gasteiger partial charge on any atom is -0.382 e. The number of ether oxygens (including phenoxy) is 1. The fourth-order valence-corrected chi connectivity index (χ4v) is 4.38. The highest BCUT2D eigenvalue weighted by Gasteiger charge is 2.25. The smallest absolute Gasteiger partial charge is 0.252 e. The third kappa shape index (κ3) is 4.16. The lowest BCUT2D eigenvalue weighted by molar-refractivity contribution is 0.0917. The summed E-state index contributed by atoms with van der Waals surface area (Å²) in [5.41, 5.74) is 4.19. The molecule has 142 valence electrons. The second-order valence-electron chi connectivity index (χ2n) is 6.91. The van der Waals surface area contributed by atoms with E-state index in [4.69, 9.17) is 9.26 Å². The van der Waals surface area contributed by atoms with Crippen LogP contribution in [0.2, 0.25) is 0 Å². The first-order chi connectivity index (χ1) is 12.5. The van der Waals surface area contributed by atoms with Crippen molar-refractivity contribution in [2.45, 2.75) is 52.8 Å². The van der Waals surface area contributed by atoms with Crippen LogP contribution in [0.4, 0.5) is 0 Å². The molecule has 1 aliphatic heterocycles. The number of amides is 1. The van der Waals surface area contributed by atoms with Crippen LogP contribution in [0.15, 0.2) is 9.90 Å². The summed E-state index contributed by atoms with van der Waals surface area (Å²) >= 11 is 1.68. The van der Waals surface area contributed by atoms with Crippen molar-refractivity contribution >= 4 is 17.2 Å². The van der Waals surface area contributed by atoms with Crippen molar-refractivity contribution in [3.05, 3.63) is 38.4 Å². The number of thiophene rings is 1. The molecule has 1 atom stereocenters. The van der Waals surface area contributed by atoms with Crippen molar-refractivity contribution in [1.29, 1.82) is 0 Å². The molecular weight excluding hydrogens is 350 g/mol. The van der Waals surface area contributed by atoms with Gasteiger partial charge in [-0.25, -0.2) is 0 Å². The predicted octanol–water partition coefficient (Wildman–Crippen LogP) is 3.07. The molecule has 0 saturated carbocycles. The van der Waals surface area contributed by atoms with E-state index in [0.717, 1.165) is 49.5 Å². The highest BCUT2D eigenvalue weighted by molar-refractivity contribution is 7.10. The molecule has 2 aromatic heterocycles. The SMILES string of the molecule is CO[C@H](C)CCNC(=O)c1csc2c1CCN(Cc1c(C)noc1C)C2.